The molecule has 2 N–H and O–H groups in total. The van der Waals surface area contributed by atoms with E-state index < -0.39 is 73.1 Å². The van der Waals surface area contributed by atoms with Crippen molar-refractivity contribution in [3.8, 4) is 5.75 Å². The number of esters is 2. The van der Waals surface area contributed by atoms with Crippen molar-refractivity contribution < 1.29 is 40.5 Å². The van der Waals surface area contributed by atoms with Crippen LogP contribution in [0.3, 0.4) is 0 Å². The molecule has 3 fully saturated rings. The summed E-state index contributed by atoms with van der Waals surface area (Å²) in [6.45, 7) is 0. The van der Waals surface area contributed by atoms with Crippen molar-refractivity contribution in [3.63, 3.8) is 0 Å². The molecule has 10 nitrogen and oxygen atoms in total. The predicted octanol–water partition coefficient (Wildman–Crippen LogP) is 4.14. The first-order valence-electron chi connectivity index (χ1n) is 15.6. The Morgan fingerprint density at radius 1 is 0.766 bits per heavy atom. The highest BCUT2D eigenvalue weighted by Crippen LogP contribution is 2.59. The van der Waals surface area contributed by atoms with E-state index in [2.05, 4.69) is 29.0 Å². The summed E-state index contributed by atoms with van der Waals surface area (Å²) in [4.78, 5) is 27.7. The molecule has 0 radical (unpaired) electrons. The molecule has 1 heterocycles. The Labute approximate surface area is 270 Å². The number of sulfonamides is 1. The van der Waals surface area contributed by atoms with E-state index in [4.69, 9.17) is 9.47 Å². The van der Waals surface area contributed by atoms with Gasteiger partial charge in [-0.25, -0.2) is 13.1 Å². The second kappa shape index (κ2) is 9.96. The van der Waals surface area contributed by atoms with Gasteiger partial charge in [-0.1, -0.05) is 72.8 Å². The lowest BCUT2D eigenvalue weighted by atomic mass is 9.59. The zero-order valence-corrected chi connectivity index (χ0v) is 26.4. The topological polar surface area (TPSA) is 153 Å². The van der Waals surface area contributed by atoms with Crippen LogP contribution in [-0.2, 0) is 34.5 Å². The Balaban J connectivity index is 1.03. The summed E-state index contributed by atoms with van der Waals surface area (Å²) in [6.07, 6.45) is 0.114. The second-order valence-electron chi connectivity index (χ2n) is 13.3. The monoisotopic (exact) mass is 671 g/mol. The fraction of sp³-hybridized carbons (Fsp3) is 0.314. The Morgan fingerprint density at radius 2 is 1.38 bits per heavy atom. The zero-order valence-electron chi connectivity index (χ0n) is 24.7. The van der Waals surface area contributed by atoms with Crippen molar-refractivity contribution in [3.05, 3.63) is 107 Å². The van der Waals surface area contributed by atoms with Crippen LogP contribution >= 0.6 is 0 Å². The van der Waals surface area contributed by atoms with Gasteiger partial charge in [0.1, 0.15) is 16.7 Å². The lowest BCUT2D eigenvalue weighted by Crippen LogP contribution is -2.49. The minimum atomic E-state index is -4.56. The summed E-state index contributed by atoms with van der Waals surface area (Å²) in [6, 6.07) is 24.4. The minimum absolute atomic E-state index is 0.0322. The molecule has 1 saturated heterocycles. The summed E-state index contributed by atoms with van der Waals surface area (Å²) < 4.78 is 75.2. The molecule has 12 heteroatoms. The molecule has 7 unspecified atom stereocenters. The second-order valence-corrected chi connectivity index (χ2v) is 16.5. The van der Waals surface area contributed by atoms with Crippen LogP contribution in [0.25, 0.3) is 10.8 Å². The first kappa shape index (κ1) is 29.1. The van der Waals surface area contributed by atoms with E-state index in [1.54, 1.807) is 18.2 Å². The largest absolute Gasteiger partial charge is 0.460 e. The van der Waals surface area contributed by atoms with Crippen LogP contribution in [0.4, 0.5) is 0 Å². The highest BCUT2D eigenvalue weighted by atomic mass is 32.2. The van der Waals surface area contributed by atoms with Gasteiger partial charge in [0.15, 0.2) is 0 Å². The van der Waals surface area contributed by atoms with Crippen molar-refractivity contribution in [2.75, 3.05) is 0 Å². The number of benzene rings is 4. The Morgan fingerprint density at radius 3 is 2.04 bits per heavy atom. The van der Waals surface area contributed by atoms with Crippen LogP contribution in [0.1, 0.15) is 46.9 Å². The average Bonchev–Trinajstić information content (AvgIpc) is 3.67. The van der Waals surface area contributed by atoms with Crippen molar-refractivity contribution in [2.45, 2.75) is 47.0 Å². The van der Waals surface area contributed by atoms with E-state index in [-0.39, 0.29) is 33.3 Å². The molecule has 0 amide bonds. The van der Waals surface area contributed by atoms with Gasteiger partial charge in [0.05, 0.1) is 23.1 Å². The maximum Gasteiger partial charge on any atom is 0.316 e. The number of hydrogen-bond acceptors (Lipinski definition) is 8. The number of fused-ring (bicyclic) bond motifs is 3. The fourth-order valence-electron chi connectivity index (χ4n) is 9.44. The Hall–Kier alpha value is -4.10. The summed E-state index contributed by atoms with van der Waals surface area (Å²) in [5.74, 6) is -3.88. The van der Waals surface area contributed by atoms with E-state index in [1.807, 2.05) is 24.3 Å². The molecule has 4 aromatic rings. The highest BCUT2D eigenvalue weighted by molar-refractivity contribution is 7.90. The summed E-state index contributed by atoms with van der Waals surface area (Å²) >= 11 is 0. The minimum Gasteiger partial charge on any atom is -0.460 e. The predicted molar refractivity (Wildman–Crippen MR) is 169 cm³/mol. The van der Waals surface area contributed by atoms with Gasteiger partial charge in [-0.3, -0.25) is 14.1 Å². The van der Waals surface area contributed by atoms with Crippen LogP contribution in [0, 0.1) is 23.7 Å². The molecule has 0 spiro atoms. The van der Waals surface area contributed by atoms with E-state index in [1.165, 1.54) is 23.3 Å². The van der Waals surface area contributed by atoms with Gasteiger partial charge < -0.3 is 9.47 Å². The van der Waals surface area contributed by atoms with Gasteiger partial charge in [0, 0.05) is 28.5 Å². The number of carbonyl (C=O) groups excluding carboxylic acids is 2. The normalized spacial score (nSPS) is 32.1. The van der Waals surface area contributed by atoms with Gasteiger partial charge in [-0.05, 0) is 53.1 Å². The molecule has 2 saturated carbocycles. The number of nitrogens with one attached hydrogen (secondary N) is 1. The number of carbonyl (C=O) groups is 2. The zero-order chi connectivity index (χ0) is 32.4. The average molecular weight is 672 g/mol. The van der Waals surface area contributed by atoms with Crippen LogP contribution in [0.2, 0.25) is 0 Å². The molecule has 4 aromatic carbocycles. The lowest BCUT2D eigenvalue weighted by molar-refractivity contribution is -0.162. The molecule has 4 bridgehead atoms. The van der Waals surface area contributed by atoms with Crippen LogP contribution < -0.4 is 9.46 Å². The number of hydrogen-bond donors (Lipinski definition) is 2. The molecule has 10 rings (SSSR count). The molecular formula is C35H29NO9S2. The molecule has 1 aliphatic heterocycles. The van der Waals surface area contributed by atoms with Crippen LogP contribution in [0.5, 0.6) is 5.75 Å². The fourth-order valence-corrected chi connectivity index (χ4v) is 12.4. The summed E-state index contributed by atoms with van der Waals surface area (Å²) in [5, 5.41) is -0.617. The Bertz CT molecular complexity index is 2200. The Kier molecular flexibility index (Phi) is 6.16. The maximum absolute atomic E-state index is 14.1. The van der Waals surface area contributed by atoms with Crippen LogP contribution in [0.15, 0.2) is 89.8 Å². The molecule has 240 valence electrons. The number of ether oxygens (including phenoxy) is 2. The summed E-state index contributed by atoms with van der Waals surface area (Å²) in [7, 11) is -8.48. The van der Waals surface area contributed by atoms with Gasteiger partial charge in [-0.15, -0.1) is 0 Å². The molecule has 0 aromatic heterocycles. The molecular weight excluding hydrogens is 643 g/mol. The molecule has 5 aliphatic carbocycles. The third-order valence-corrected chi connectivity index (χ3v) is 14.0. The smallest absolute Gasteiger partial charge is 0.316 e. The molecule has 7 atom stereocenters. The third-order valence-electron chi connectivity index (χ3n) is 11.1. The van der Waals surface area contributed by atoms with E-state index in [9.17, 15) is 31.0 Å². The van der Waals surface area contributed by atoms with Crippen molar-refractivity contribution in [2.24, 2.45) is 23.7 Å². The van der Waals surface area contributed by atoms with Crippen LogP contribution in [-0.4, -0.2) is 50.7 Å². The van der Waals surface area contributed by atoms with Crippen molar-refractivity contribution >= 4 is 42.9 Å². The number of rotatable bonds is 5. The third kappa shape index (κ3) is 4.14. The summed E-state index contributed by atoms with van der Waals surface area (Å²) in [5.41, 5.74) is 4.64. The van der Waals surface area contributed by atoms with Crippen molar-refractivity contribution in [1.82, 2.24) is 4.72 Å². The standard InChI is InChI=1S/C35H29NO9S2/c37-34(25-15-23-17-7-1-5-11-21(17)29(25)22-12-6-2-8-18(22)23)45-32-24-16-26-31(32)36-46(39,40)33(26)30(24)35(38)44-27-13-14-28(47(41,42)43)20-10-4-3-9-19(20)27/h1-14,23-26,29-33,36H,15-16H2,(H,41,42,43). The van der Waals surface area contributed by atoms with Crippen molar-refractivity contribution in [1.29, 1.82) is 0 Å². The quantitative estimate of drug-likeness (QED) is 0.181. The van der Waals surface area contributed by atoms with Gasteiger partial charge >= 0.3 is 11.9 Å². The first-order valence-corrected chi connectivity index (χ1v) is 18.6. The first-order chi connectivity index (χ1) is 22.5. The van der Waals surface area contributed by atoms with E-state index in [0.717, 1.165) is 17.2 Å². The SMILES string of the molecule is O=C(OC1C2CC3C1NS(=O)(=O)C3C2C(=O)Oc1ccc(S(=O)(=O)O)c2ccccc12)C1CC2c3ccccc3C1c1ccccc12. The van der Waals surface area contributed by atoms with Gasteiger partial charge in [0.2, 0.25) is 10.0 Å². The lowest BCUT2D eigenvalue weighted by Gasteiger charge is -2.45. The van der Waals surface area contributed by atoms with E-state index >= 15 is 0 Å². The van der Waals surface area contributed by atoms with Gasteiger partial charge in [-0.2, -0.15) is 8.42 Å². The van der Waals surface area contributed by atoms with Gasteiger partial charge in [0.25, 0.3) is 10.1 Å². The maximum atomic E-state index is 14.1. The molecule has 47 heavy (non-hydrogen) atoms. The van der Waals surface area contributed by atoms with E-state index in [0.29, 0.717) is 12.8 Å². The highest BCUT2D eigenvalue weighted by Gasteiger charge is 2.71. The molecule has 6 aliphatic rings.